The molecule has 2 heterocycles. The van der Waals surface area contributed by atoms with Crippen LogP contribution in [0.2, 0.25) is 0 Å². The Hall–Kier alpha value is -1.81. The fraction of sp³-hybridized carbons (Fsp3) is 0.353. The van der Waals surface area contributed by atoms with Crippen molar-refractivity contribution in [1.82, 2.24) is 9.88 Å². The Balaban J connectivity index is 1.79. The highest BCUT2D eigenvalue weighted by Gasteiger charge is 2.24. The first-order valence-corrected chi connectivity index (χ1v) is 7.32. The van der Waals surface area contributed by atoms with Gasteiger partial charge in [-0.25, -0.2) is 8.78 Å². The molecule has 4 heteroatoms. The second-order valence-corrected chi connectivity index (χ2v) is 5.52. The van der Waals surface area contributed by atoms with Crippen LogP contribution in [-0.2, 0) is 6.54 Å². The Bertz CT molecular complexity index is 601. The number of hydrogen-bond donors (Lipinski definition) is 0. The molecule has 0 bridgehead atoms. The van der Waals surface area contributed by atoms with E-state index in [4.69, 9.17) is 0 Å². The Kier molecular flexibility index (Phi) is 4.25. The zero-order valence-electron chi connectivity index (χ0n) is 11.8. The fourth-order valence-corrected chi connectivity index (χ4v) is 3.00. The summed E-state index contributed by atoms with van der Waals surface area (Å²) in [5.74, 6) is -1.57. The lowest BCUT2D eigenvalue weighted by molar-refractivity contribution is 0.140. The van der Waals surface area contributed by atoms with E-state index < -0.39 is 11.6 Å². The van der Waals surface area contributed by atoms with Gasteiger partial charge in [-0.15, -0.1) is 0 Å². The largest absolute Gasteiger partial charge is 0.292 e. The van der Waals surface area contributed by atoms with E-state index in [9.17, 15) is 8.78 Å². The molecule has 0 saturated carbocycles. The Morgan fingerprint density at radius 2 is 2.05 bits per heavy atom. The molecule has 110 valence electrons. The number of piperidine rings is 1. The lowest BCUT2D eigenvalue weighted by atomic mass is 9.96. The van der Waals surface area contributed by atoms with Gasteiger partial charge < -0.3 is 0 Å². The maximum Gasteiger partial charge on any atom is 0.159 e. The minimum atomic E-state index is -0.791. The zero-order valence-corrected chi connectivity index (χ0v) is 11.8. The predicted octanol–water partition coefficient (Wildman–Crippen LogP) is 4.09. The average Bonchev–Trinajstić information content (AvgIpc) is 2.52. The van der Waals surface area contributed by atoms with Crippen LogP contribution >= 0.6 is 0 Å². The molecule has 1 aliphatic rings. The van der Waals surface area contributed by atoms with E-state index in [1.165, 1.54) is 24.1 Å². The summed E-state index contributed by atoms with van der Waals surface area (Å²) in [5, 5.41) is 0. The highest BCUT2D eigenvalue weighted by molar-refractivity contribution is 5.20. The standard InChI is InChI=1S/C17H18F2N2/c18-15-7-6-13(10-16(15)19)12-21-9-2-1-5-17(21)14-4-3-8-20-11-14/h3-4,6-8,10-11,17H,1-2,5,9,12H2/t17-/m0/s1. The molecule has 1 fully saturated rings. The third-order valence-corrected chi connectivity index (χ3v) is 4.05. The molecule has 21 heavy (non-hydrogen) atoms. The summed E-state index contributed by atoms with van der Waals surface area (Å²) >= 11 is 0. The van der Waals surface area contributed by atoms with Crippen LogP contribution in [0.25, 0.3) is 0 Å². The lowest BCUT2D eigenvalue weighted by Crippen LogP contribution is -2.33. The summed E-state index contributed by atoms with van der Waals surface area (Å²) in [4.78, 5) is 6.52. The van der Waals surface area contributed by atoms with Crippen LogP contribution in [0.1, 0.15) is 36.4 Å². The van der Waals surface area contributed by atoms with E-state index in [0.29, 0.717) is 12.6 Å². The summed E-state index contributed by atoms with van der Waals surface area (Å²) in [5.41, 5.74) is 2.00. The molecule has 1 aliphatic heterocycles. The van der Waals surface area contributed by atoms with E-state index in [1.54, 1.807) is 12.3 Å². The minimum Gasteiger partial charge on any atom is -0.292 e. The molecule has 0 N–H and O–H groups in total. The summed E-state index contributed by atoms with van der Waals surface area (Å²) in [7, 11) is 0. The summed E-state index contributed by atoms with van der Waals surface area (Å²) in [6, 6.07) is 8.49. The predicted molar refractivity (Wildman–Crippen MR) is 77.6 cm³/mol. The van der Waals surface area contributed by atoms with Crippen molar-refractivity contribution in [2.45, 2.75) is 31.8 Å². The van der Waals surface area contributed by atoms with Gasteiger partial charge >= 0.3 is 0 Å². The maximum absolute atomic E-state index is 13.3. The van der Waals surface area contributed by atoms with Gasteiger partial charge in [0.25, 0.3) is 0 Å². The summed E-state index contributed by atoms with van der Waals surface area (Å²) < 4.78 is 26.4. The highest BCUT2D eigenvalue weighted by Crippen LogP contribution is 2.31. The highest BCUT2D eigenvalue weighted by atomic mass is 19.2. The number of hydrogen-bond acceptors (Lipinski definition) is 2. The van der Waals surface area contributed by atoms with Crippen LogP contribution in [0.15, 0.2) is 42.7 Å². The molecule has 1 atom stereocenters. The van der Waals surface area contributed by atoms with Crippen molar-refractivity contribution < 1.29 is 8.78 Å². The first-order chi connectivity index (χ1) is 10.2. The molecule has 0 radical (unpaired) electrons. The van der Waals surface area contributed by atoms with Gasteiger partial charge in [-0.2, -0.15) is 0 Å². The van der Waals surface area contributed by atoms with E-state index in [1.807, 2.05) is 12.3 Å². The van der Waals surface area contributed by atoms with Gasteiger partial charge in [-0.05, 0) is 48.7 Å². The molecular formula is C17H18F2N2. The minimum absolute atomic E-state index is 0.306. The molecule has 2 aromatic rings. The third kappa shape index (κ3) is 3.27. The monoisotopic (exact) mass is 288 g/mol. The van der Waals surface area contributed by atoms with Crippen LogP contribution in [0.5, 0.6) is 0 Å². The number of halogens is 2. The number of pyridine rings is 1. The van der Waals surface area contributed by atoms with Crippen LogP contribution in [0.3, 0.4) is 0 Å². The second kappa shape index (κ2) is 6.31. The van der Waals surface area contributed by atoms with Crippen molar-refractivity contribution in [1.29, 1.82) is 0 Å². The van der Waals surface area contributed by atoms with E-state index in [2.05, 4.69) is 16.0 Å². The molecule has 1 aromatic carbocycles. The molecular weight excluding hydrogens is 270 g/mol. The molecule has 1 saturated heterocycles. The Morgan fingerprint density at radius 1 is 1.14 bits per heavy atom. The first kappa shape index (κ1) is 14.1. The first-order valence-electron chi connectivity index (χ1n) is 7.32. The van der Waals surface area contributed by atoms with E-state index >= 15 is 0 Å². The molecule has 3 rings (SSSR count). The van der Waals surface area contributed by atoms with Gasteiger partial charge in [0.2, 0.25) is 0 Å². The normalized spacial score (nSPS) is 19.6. The summed E-state index contributed by atoms with van der Waals surface area (Å²) in [6.07, 6.45) is 7.07. The number of aromatic nitrogens is 1. The number of rotatable bonds is 3. The molecule has 0 spiro atoms. The van der Waals surface area contributed by atoms with Gasteiger partial charge in [-0.1, -0.05) is 18.6 Å². The summed E-state index contributed by atoms with van der Waals surface area (Å²) in [6.45, 7) is 1.61. The second-order valence-electron chi connectivity index (χ2n) is 5.52. The smallest absolute Gasteiger partial charge is 0.159 e. The van der Waals surface area contributed by atoms with Gasteiger partial charge in [0.15, 0.2) is 11.6 Å². The van der Waals surface area contributed by atoms with E-state index in [0.717, 1.165) is 24.9 Å². The van der Waals surface area contributed by atoms with Crippen LogP contribution < -0.4 is 0 Å². The van der Waals surface area contributed by atoms with E-state index in [-0.39, 0.29) is 0 Å². The van der Waals surface area contributed by atoms with Gasteiger partial charge in [0, 0.05) is 25.0 Å². The van der Waals surface area contributed by atoms with Crippen molar-refractivity contribution in [3.63, 3.8) is 0 Å². The topological polar surface area (TPSA) is 16.1 Å². The number of likely N-dealkylation sites (tertiary alicyclic amines) is 1. The SMILES string of the molecule is Fc1ccc(CN2CCCC[C@H]2c2cccnc2)cc1F. The van der Waals surface area contributed by atoms with Crippen molar-refractivity contribution in [3.05, 3.63) is 65.5 Å². The van der Waals surface area contributed by atoms with Gasteiger partial charge in [0.1, 0.15) is 0 Å². The van der Waals surface area contributed by atoms with Crippen molar-refractivity contribution in [2.75, 3.05) is 6.54 Å². The van der Waals surface area contributed by atoms with Crippen LogP contribution in [0, 0.1) is 11.6 Å². The molecule has 0 unspecified atom stereocenters. The molecule has 2 nitrogen and oxygen atoms in total. The van der Waals surface area contributed by atoms with Crippen LogP contribution in [-0.4, -0.2) is 16.4 Å². The van der Waals surface area contributed by atoms with Crippen molar-refractivity contribution in [2.24, 2.45) is 0 Å². The average molecular weight is 288 g/mol. The molecule has 0 amide bonds. The van der Waals surface area contributed by atoms with Crippen LogP contribution in [0.4, 0.5) is 8.78 Å². The third-order valence-electron chi connectivity index (χ3n) is 4.05. The van der Waals surface area contributed by atoms with Gasteiger partial charge in [-0.3, -0.25) is 9.88 Å². The lowest BCUT2D eigenvalue weighted by Gasteiger charge is -2.36. The fourth-order valence-electron chi connectivity index (χ4n) is 3.00. The van der Waals surface area contributed by atoms with Gasteiger partial charge in [0.05, 0.1) is 0 Å². The zero-order chi connectivity index (χ0) is 14.7. The quantitative estimate of drug-likeness (QED) is 0.845. The van der Waals surface area contributed by atoms with Crippen molar-refractivity contribution >= 4 is 0 Å². The Morgan fingerprint density at radius 3 is 2.81 bits per heavy atom. The van der Waals surface area contributed by atoms with Crippen molar-refractivity contribution in [3.8, 4) is 0 Å². The number of nitrogens with zero attached hydrogens (tertiary/aromatic N) is 2. The Labute approximate surface area is 123 Å². The maximum atomic E-state index is 13.3. The molecule has 1 aromatic heterocycles. The molecule has 0 aliphatic carbocycles. The number of benzene rings is 1.